The van der Waals surface area contributed by atoms with Gasteiger partial charge in [-0.3, -0.25) is 14.5 Å². The lowest BCUT2D eigenvalue weighted by atomic mass is 10.2. The summed E-state index contributed by atoms with van der Waals surface area (Å²) in [6, 6.07) is 6.69. The maximum absolute atomic E-state index is 11.8. The molecule has 1 aromatic carbocycles. The Kier molecular flexibility index (Phi) is 3.19. The molecule has 17 heavy (non-hydrogen) atoms. The molecule has 1 aromatic rings. The monoisotopic (exact) mass is 249 g/mol. The minimum atomic E-state index is -0.300. The molecule has 2 rings (SSSR count). The number of rotatable bonds is 2. The van der Waals surface area contributed by atoms with Crippen LogP contribution in [0.1, 0.15) is 12.5 Å². The Morgan fingerprint density at radius 3 is 2.65 bits per heavy atom. The second kappa shape index (κ2) is 4.63. The number of hydrogen-bond acceptors (Lipinski definition) is 4. The highest BCUT2D eigenvalue weighted by Gasteiger charge is 2.33. The van der Waals surface area contributed by atoms with E-state index in [1.54, 1.807) is 25.1 Å². The van der Waals surface area contributed by atoms with E-state index in [1.165, 1.54) is 17.0 Å². The molecule has 0 spiro atoms. The lowest BCUT2D eigenvalue weighted by Gasteiger charge is -2.07. The van der Waals surface area contributed by atoms with Crippen molar-refractivity contribution in [2.24, 2.45) is 0 Å². The van der Waals surface area contributed by atoms with E-state index in [1.807, 2.05) is 0 Å². The molecule has 4 nitrogen and oxygen atoms in total. The summed E-state index contributed by atoms with van der Waals surface area (Å²) in [7, 11) is 0. The van der Waals surface area contributed by atoms with E-state index in [2.05, 4.69) is 0 Å². The maximum atomic E-state index is 11.8. The number of hydrogen-bond donors (Lipinski definition) is 1. The van der Waals surface area contributed by atoms with E-state index in [9.17, 15) is 14.7 Å². The number of amides is 2. The molecule has 0 saturated carbocycles. The van der Waals surface area contributed by atoms with Gasteiger partial charge < -0.3 is 5.11 Å². The third kappa shape index (κ3) is 2.19. The van der Waals surface area contributed by atoms with Crippen LogP contribution >= 0.6 is 11.8 Å². The van der Waals surface area contributed by atoms with Crippen LogP contribution in [-0.4, -0.2) is 27.7 Å². The fourth-order valence-electron chi connectivity index (χ4n) is 1.52. The third-order valence-corrected chi connectivity index (χ3v) is 3.32. The molecule has 1 aliphatic heterocycles. The highest BCUT2D eigenvalue weighted by Crippen LogP contribution is 2.33. The second-order valence-corrected chi connectivity index (χ2v) is 4.48. The zero-order valence-electron chi connectivity index (χ0n) is 9.21. The normalized spacial score (nSPS) is 18.2. The molecular weight excluding hydrogens is 238 g/mol. The first kappa shape index (κ1) is 11.7. The van der Waals surface area contributed by atoms with Crippen molar-refractivity contribution in [2.45, 2.75) is 6.92 Å². The smallest absolute Gasteiger partial charge is 0.293 e. The number of para-hydroxylation sites is 1. The van der Waals surface area contributed by atoms with E-state index in [0.29, 0.717) is 17.0 Å². The largest absolute Gasteiger partial charge is 0.507 e. The quantitative estimate of drug-likeness (QED) is 0.818. The minimum Gasteiger partial charge on any atom is -0.507 e. The number of phenols is 1. The molecule has 1 fully saturated rings. The fourth-order valence-corrected chi connectivity index (χ4v) is 2.42. The van der Waals surface area contributed by atoms with Crippen LogP contribution in [0, 0.1) is 0 Å². The molecule has 88 valence electrons. The van der Waals surface area contributed by atoms with Crippen LogP contribution in [0.2, 0.25) is 0 Å². The van der Waals surface area contributed by atoms with E-state index in [4.69, 9.17) is 0 Å². The predicted molar refractivity (Wildman–Crippen MR) is 66.5 cm³/mol. The summed E-state index contributed by atoms with van der Waals surface area (Å²) in [4.78, 5) is 24.8. The first-order chi connectivity index (χ1) is 8.13. The van der Waals surface area contributed by atoms with Gasteiger partial charge in [-0.1, -0.05) is 18.2 Å². The Balaban J connectivity index is 2.34. The van der Waals surface area contributed by atoms with Gasteiger partial charge in [0, 0.05) is 12.1 Å². The van der Waals surface area contributed by atoms with Gasteiger partial charge in [-0.15, -0.1) is 0 Å². The number of benzene rings is 1. The Labute approximate surface area is 103 Å². The predicted octanol–water partition coefficient (Wildman–Crippen LogP) is 2.45. The number of thioether (sulfide) groups is 1. The Hall–Kier alpha value is -1.75. The van der Waals surface area contributed by atoms with Crippen LogP contribution in [0.5, 0.6) is 5.75 Å². The number of imide groups is 1. The Morgan fingerprint density at radius 1 is 1.35 bits per heavy atom. The van der Waals surface area contributed by atoms with Crippen LogP contribution in [0.4, 0.5) is 4.79 Å². The SMILES string of the molecule is CCN1C(=O)S/C(=C\c2ccccc2O)C1=O. The Bertz CT molecular complexity index is 510. The van der Waals surface area contributed by atoms with Gasteiger partial charge in [0.2, 0.25) is 0 Å². The van der Waals surface area contributed by atoms with Crippen molar-refractivity contribution < 1.29 is 14.7 Å². The number of carbonyl (C=O) groups is 2. The van der Waals surface area contributed by atoms with E-state index < -0.39 is 0 Å². The van der Waals surface area contributed by atoms with Gasteiger partial charge in [0.25, 0.3) is 11.1 Å². The summed E-state index contributed by atoms with van der Waals surface area (Å²) in [5, 5.41) is 9.32. The van der Waals surface area contributed by atoms with Crippen molar-refractivity contribution in [3.8, 4) is 5.75 Å². The molecule has 1 saturated heterocycles. The lowest BCUT2D eigenvalue weighted by molar-refractivity contribution is -0.122. The van der Waals surface area contributed by atoms with Gasteiger partial charge in [-0.25, -0.2) is 0 Å². The fraction of sp³-hybridized carbons (Fsp3) is 0.167. The zero-order valence-corrected chi connectivity index (χ0v) is 10.0. The molecule has 2 amide bonds. The highest BCUT2D eigenvalue weighted by molar-refractivity contribution is 8.18. The standard InChI is InChI=1S/C12H11NO3S/c1-2-13-11(15)10(17-12(13)16)7-8-5-3-4-6-9(8)14/h3-7,14H,2H2,1H3/b10-7-. The molecule has 0 aromatic heterocycles. The van der Waals surface area contributed by atoms with Gasteiger partial charge in [0.1, 0.15) is 5.75 Å². The number of carbonyl (C=O) groups excluding carboxylic acids is 2. The lowest BCUT2D eigenvalue weighted by Crippen LogP contribution is -2.27. The average Bonchev–Trinajstić information content (AvgIpc) is 2.57. The van der Waals surface area contributed by atoms with Crippen molar-refractivity contribution in [2.75, 3.05) is 6.54 Å². The second-order valence-electron chi connectivity index (χ2n) is 3.48. The molecule has 0 bridgehead atoms. The molecular formula is C12H11NO3S. The van der Waals surface area contributed by atoms with Crippen LogP contribution in [0.15, 0.2) is 29.2 Å². The van der Waals surface area contributed by atoms with Crippen LogP contribution in [-0.2, 0) is 4.79 Å². The first-order valence-electron chi connectivity index (χ1n) is 5.17. The van der Waals surface area contributed by atoms with Gasteiger partial charge in [-0.05, 0) is 30.8 Å². The molecule has 5 heteroatoms. The van der Waals surface area contributed by atoms with Gasteiger partial charge in [0.15, 0.2) is 0 Å². The number of phenolic OH excluding ortho intramolecular Hbond substituents is 1. The molecule has 0 unspecified atom stereocenters. The first-order valence-corrected chi connectivity index (χ1v) is 5.98. The van der Waals surface area contributed by atoms with E-state index in [-0.39, 0.29) is 16.9 Å². The molecule has 0 radical (unpaired) electrons. The van der Waals surface area contributed by atoms with Gasteiger partial charge >= 0.3 is 0 Å². The van der Waals surface area contributed by atoms with Crippen molar-refractivity contribution in [3.63, 3.8) is 0 Å². The maximum Gasteiger partial charge on any atom is 0.293 e. The van der Waals surface area contributed by atoms with Gasteiger partial charge in [-0.2, -0.15) is 0 Å². The third-order valence-electron chi connectivity index (χ3n) is 2.41. The minimum absolute atomic E-state index is 0.0933. The summed E-state index contributed by atoms with van der Waals surface area (Å²) in [5.74, 6) is -0.207. The van der Waals surface area contributed by atoms with Gasteiger partial charge in [0.05, 0.1) is 4.91 Å². The molecule has 1 aliphatic rings. The van der Waals surface area contributed by atoms with E-state index >= 15 is 0 Å². The van der Waals surface area contributed by atoms with E-state index in [0.717, 1.165) is 11.8 Å². The number of nitrogens with zero attached hydrogens (tertiary/aromatic N) is 1. The summed E-state index contributed by atoms with van der Waals surface area (Å²) in [6.07, 6.45) is 1.54. The molecule has 0 atom stereocenters. The van der Waals surface area contributed by atoms with Crippen LogP contribution in [0.25, 0.3) is 6.08 Å². The molecule has 0 aliphatic carbocycles. The summed E-state index contributed by atoms with van der Waals surface area (Å²) in [5.41, 5.74) is 0.536. The molecule has 1 heterocycles. The zero-order chi connectivity index (χ0) is 12.4. The van der Waals surface area contributed by atoms with Crippen LogP contribution < -0.4 is 0 Å². The number of likely N-dealkylation sites (N-methyl/N-ethyl adjacent to an activating group) is 1. The van der Waals surface area contributed by atoms with Crippen molar-refractivity contribution in [1.29, 1.82) is 0 Å². The Morgan fingerprint density at radius 2 is 2.06 bits per heavy atom. The average molecular weight is 249 g/mol. The highest BCUT2D eigenvalue weighted by atomic mass is 32.2. The summed E-state index contributed by atoms with van der Waals surface area (Å²) >= 11 is 0.897. The van der Waals surface area contributed by atoms with Crippen molar-refractivity contribution in [3.05, 3.63) is 34.7 Å². The topological polar surface area (TPSA) is 57.6 Å². The van der Waals surface area contributed by atoms with Crippen molar-refractivity contribution in [1.82, 2.24) is 4.90 Å². The van der Waals surface area contributed by atoms with Crippen LogP contribution in [0.3, 0.4) is 0 Å². The molecule has 1 N–H and O–H groups in total. The number of aromatic hydroxyl groups is 1. The van der Waals surface area contributed by atoms with Crippen molar-refractivity contribution >= 4 is 29.0 Å². The summed E-state index contributed by atoms with van der Waals surface area (Å²) in [6.45, 7) is 2.11. The summed E-state index contributed by atoms with van der Waals surface area (Å²) < 4.78 is 0.